The first-order valence-corrected chi connectivity index (χ1v) is 10.1. The second kappa shape index (κ2) is 7.50. The van der Waals surface area contributed by atoms with Gasteiger partial charge in [0, 0.05) is 56.6 Å². The number of aliphatic hydroxyl groups excluding tert-OH is 1. The van der Waals surface area contributed by atoms with E-state index in [9.17, 15) is 9.90 Å². The van der Waals surface area contributed by atoms with Gasteiger partial charge in [0.25, 0.3) is 0 Å². The van der Waals surface area contributed by atoms with Crippen LogP contribution in [0.25, 0.3) is 0 Å². The summed E-state index contributed by atoms with van der Waals surface area (Å²) in [5.41, 5.74) is 0. The fourth-order valence-electron chi connectivity index (χ4n) is 5.09. The zero-order valence-corrected chi connectivity index (χ0v) is 15.1. The minimum Gasteiger partial charge on any atom is -0.391 e. The molecule has 138 valence electrons. The van der Waals surface area contributed by atoms with Gasteiger partial charge in [0.1, 0.15) is 0 Å². The van der Waals surface area contributed by atoms with Crippen LogP contribution in [0, 0.1) is 5.92 Å². The third-order valence-corrected chi connectivity index (χ3v) is 6.63. The van der Waals surface area contributed by atoms with E-state index in [1.807, 2.05) is 0 Å². The molecule has 25 heavy (non-hydrogen) atoms. The maximum atomic E-state index is 12.9. The van der Waals surface area contributed by atoms with E-state index in [1.165, 1.54) is 0 Å². The molecule has 2 saturated carbocycles. The van der Waals surface area contributed by atoms with Gasteiger partial charge in [-0.2, -0.15) is 0 Å². The Morgan fingerprint density at radius 3 is 2.16 bits per heavy atom. The quantitative estimate of drug-likeness (QED) is 0.914. The fourth-order valence-corrected chi connectivity index (χ4v) is 5.09. The first-order chi connectivity index (χ1) is 12.2. The van der Waals surface area contributed by atoms with Crippen molar-refractivity contribution in [3.05, 3.63) is 24.5 Å². The molecule has 3 fully saturated rings. The Bertz CT molecular complexity index is 558. The van der Waals surface area contributed by atoms with Gasteiger partial charge in [0.2, 0.25) is 5.91 Å². The van der Waals surface area contributed by atoms with E-state index >= 15 is 0 Å². The molecular weight excluding hydrogens is 314 g/mol. The number of carbonyl (C=O) groups is 1. The predicted octanol–water partition coefficient (Wildman–Crippen LogP) is 2.28. The molecule has 1 aliphatic heterocycles. The smallest absolute Gasteiger partial charge is 0.225 e. The number of aromatic nitrogens is 1. The molecule has 0 radical (unpaired) electrons. The average molecular weight is 345 g/mol. The van der Waals surface area contributed by atoms with Crippen molar-refractivity contribution in [1.29, 1.82) is 0 Å². The molecule has 5 nitrogen and oxygen atoms in total. The van der Waals surface area contributed by atoms with Crippen LogP contribution in [0.4, 0.5) is 0 Å². The molecule has 5 heteroatoms. The highest BCUT2D eigenvalue weighted by molar-refractivity contribution is 5.79. The van der Waals surface area contributed by atoms with Gasteiger partial charge >= 0.3 is 0 Å². The highest BCUT2D eigenvalue weighted by Gasteiger charge is 2.35. The van der Waals surface area contributed by atoms with Gasteiger partial charge in [0.05, 0.1) is 6.10 Å². The average Bonchev–Trinajstić information content (AvgIpc) is 3.33. The van der Waals surface area contributed by atoms with Crippen molar-refractivity contribution >= 4 is 5.91 Å². The van der Waals surface area contributed by atoms with Crippen molar-refractivity contribution in [3.8, 4) is 0 Å². The van der Waals surface area contributed by atoms with Crippen LogP contribution >= 0.6 is 0 Å². The highest BCUT2D eigenvalue weighted by Crippen LogP contribution is 2.33. The monoisotopic (exact) mass is 345 g/mol. The standard InChI is InChI=1S/C20H31N3O2/c24-19-5-3-4-18(19)22-12-14-23(15-13-22)20(25)16-6-8-17(9-7-16)21-10-1-2-11-21/h1-2,10-11,16-19,24H,3-9,12-15H2/t16?,17?,18-,19-/m0/s1. The molecule has 0 bridgehead atoms. The Kier molecular flexibility index (Phi) is 5.13. The summed E-state index contributed by atoms with van der Waals surface area (Å²) in [7, 11) is 0. The van der Waals surface area contributed by atoms with E-state index in [-0.39, 0.29) is 12.0 Å². The highest BCUT2D eigenvalue weighted by atomic mass is 16.3. The molecule has 2 atom stereocenters. The van der Waals surface area contributed by atoms with Gasteiger partial charge in [0.15, 0.2) is 0 Å². The predicted molar refractivity (Wildman–Crippen MR) is 97.2 cm³/mol. The van der Waals surface area contributed by atoms with Gasteiger partial charge in [-0.1, -0.05) is 0 Å². The van der Waals surface area contributed by atoms with Crippen LogP contribution in [0.2, 0.25) is 0 Å². The number of rotatable bonds is 3. The molecule has 1 N–H and O–H groups in total. The zero-order chi connectivity index (χ0) is 17.2. The van der Waals surface area contributed by atoms with E-state index in [0.29, 0.717) is 18.0 Å². The number of nitrogens with zero attached hydrogens (tertiary/aromatic N) is 3. The Morgan fingerprint density at radius 2 is 1.56 bits per heavy atom. The number of piperazine rings is 1. The lowest BCUT2D eigenvalue weighted by atomic mass is 9.85. The maximum Gasteiger partial charge on any atom is 0.225 e. The van der Waals surface area contributed by atoms with Crippen molar-refractivity contribution < 1.29 is 9.90 Å². The van der Waals surface area contributed by atoms with Crippen LogP contribution in [-0.2, 0) is 4.79 Å². The largest absolute Gasteiger partial charge is 0.391 e. The van der Waals surface area contributed by atoms with Gasteiger partial charge in [-0.05, 0) is 57.1 Å². The summed E-state index contributed by atoms with van der Waals surface area (Å²) in [6.07, 6.45) is 11.6. The minimum atomic E-state index is -0.161. The molecule has 3 aliphatic rings. The molecule has 2 aliphatic carbocycles. The lowest BCUT2D eigenvalue weighted by molar-refractivity contribution is -0.139. The summed E-state index contributed by atoms with van der Waals surface area (Å²) < 4.78 is 2.30. The normalized spacial score (nSPS) is 34.4. The summed E-state index contributed by atoms with van der Waals surface area (Å²) in [6, 6.07) is 5.06. The topological polar surface area (TPSA) is 48.7 Å². The Balaban J connectivity index is 1.25. The molecule has 0 aromatic carbocycles. The molecular formula is C20H31N3O2. The molecule has 0 unspecified atom stereocenters. The van der Waals surface area contributed by atoms with Gasteiger partial charge < -0.3 is 14.6 Å². The number of aliphatic hydroxyl groups is 1. The number of hydrogen-bond donors (Lipinski definition) is 1. The van der Waals surface area contributed by atoms with Crippen molar-refractivity contribution in [2.24, 2.45) is 5.92 Å². The van der Waals surface area contributed by atoms with E-state index in [2.05, 4.69) is 38.9 Å². The first kappa shape index (κ1) is 17.1. The van der Waals surface area contributed by atoms with E-state index in [4.69, 9.17) is 0 Å². The van der Waals surface area contributed by atoms with Gasteiger partial charge in [-0.25, -0.2) is 0 Å². The van der Waals surface area contributed by atoms with Crippen LogP contribution in [0.1, 0.15) is 51.0 Å². The van der Waals surface area contributed by atoms with Crippen molar-refractivity contribution in [2.45, 2.75) is 63.1 Å². The molecule has 1 aromatic rings. The molecule has 2 heterocycles. The Labute approximate surface area is 150 Å². The summed E-state index contributed by atoms with van der Waals surface area (Å²) in [6.45, 7) is 3.51. The summed E-state index contributed by atoms with van der Waals surface area (Å²) >= 11 is 0. The van der Waals surface area contributed by atoms with E-state index in [0.717, 1.165) is 71.1 Å². The molecule has 1 saturated heterocycles. The summed E-state index contributed by atoms with van der Waals surface area (Å²) in [5, 5.41) is 10.1. The molecule has 0 spiro atoms. The van der Waals surface area contributed by atoms with Crippen molar-refractivity contribution in [1.82, 2.24) is 14.4 Å². The molecule has 1 amide bonds. The lowest BCUT2D eigenvalue weighted by Crippen LogP contribution is -2.54. The minimum absolute atomic E-state index is 0.161. The van der Waals surface area contributed by atoms with Crippen LogP contribution in [-0.4, -0.2) is 63.7 Å². The molecule has 4 rings (SSSR count). The van der Waals surface area contributed by atoms with Crippen molar-refractivity contribution in [2.75, 3.05) is 26.2 Å². The van der Waals surface area contributed by atoms with Crippen LogP contribution in [0.3, 0.4) is 0 Å². The second-order valence-corrected chi connectivity index (χ2v) is 8.06. The number of carbonyl (C=O) groups excluding carboxylic acids is 1. The summed E-state index contributed by atoms with van der Waals surface area (Å²) in [4.78, 5) is 17.4. The van der Waals surface area contributed by atoms with Gasteiger partial charge in [-0.3, -0.25) is 9.69 Å². The van der Waals surface area contributed by atoms with Crippen molar-refractivity contribution in [3.63, 3.8) is 0 Å². The van der Waals surface area contributed by atoms with Gasteiger partial charge in [-0.15, -0.1) is 0 Å². The second-order valence-electron chi connectivity index (χ2n) is 8.06. The van der Waals surface area contributed by atoms with Crippen LogP contribution in [0.5, 0.6) is 0 Å². The summed E-state index contributed by atoms with van der Waals surface area (Å²) in [5.74, 6) is 0.591. The first-order valence-electron chi connectivity index (χ1n) is 10.1. The van der Waals surface area contributed by atoms with E-state index in [1.54, 1.807) is 0 Å². The third kappa shape index (κ3) is 3.63. The fraction of sp³-hybridized carbons (Fsp3) is 0.750. The SMILES string of the molecule is O=C(C1CCC(n2cccc2)CC1)N1CCN([C@H]2CCC[C@@H]2O)CC1. The van der Waals surface area contributed by atoms with E-state index < -0.39 is 0 Å². The Morgan fingerprint density at radius 1 is 0.880 bits per heavy atom. The number of hydrogen-bond acceptors (Lipinski definition) is 3. The Hall–Kier alpha value is -1.33. The van der Waals surface area contributed by atoms with Crippen LogP contribution < -0.4 is 0 Å². The van der Waals surface area contributed by atoms with Crippen LogP contribution in [0.15, 0.2) is 24.5 Å². The zero-order valence-electron chi connectivity index (χ0n) is 15.1. The maximum absolute atomic E-state index is 12.9. The third-order valence-electron chi connectivity index (χ3n) is 6.63. The molecule has 1 aromatic heterocycles. The lowest BCUT2D eigenvalue weighted by Gasteiger charge is -2.41. The number of amides is 1.